The van der Waals surface area contributed by atoms with Gasteiger partial charge in [-0.2, -0.15) is 11.8 Å². The normalized spacial score (nSPS) is 12.2. The summed E-state index contributed by atoms with van der Waals surface area (Å²) in [5.74, 6) is 0.857. The first-order valence-electron chi connectivity index (χ1n) is 5.56. The summed E-state index contributed by atoms with van der Waals surface area (Å²) in [5.41, 5.74) is 1.83. The zero-order valence-corrected chi connectivity index (χ0v) is 11.3. The average molecular weight is 253 g/mol. The number of thioether (sulfide) groups is 1. The lowest BCUT2D eigenvalue weighted by Crippen LogP contribution is -2.33. The highest BCUT2D eigenvalue weighted by Gasteiger charge is 2.13. The Morgan fingerprint density at radius 2 is 2.24 bits per heavy atom. The number of hydrogen-bond donors (Lipinski definition) is 1. The van der Waals surface area contributed by atoms with Crippen LogP contribution in [-0.2, 0) is 5.75 Å². The van der Waals surface area contributed by atoms with Gasteiger partial charge in [0.05, 0.1) is 6.10 Å². The fraction of sp³-hybridized carbons (Fsp3) is 0.462. The number of nitrogens with zero attached hydrogens (tertiary/aromatic N) is 1. The topological polar surface area (TPSA) is 40.5 Å². The van der Waals surface area contributed by atoms with Crippen molar-refractivity contribution in [1.82, 2.24) is 4.90 Å². The molecule has 3 nitrogen and oxygen atoms in total. The lowest BCUT2D eigenvalue weighted by Gasteiger charge is -2.19. The standard InChI is InChI=1S/C13H19NO2S/c1-10(15)8-14(2)13(16)12-6-4-5-11(7-12)9-17-3/h4-7,10,15H,8-9H2,1-3H3. The van der Waals surface area contributed by atoms with Crippen molar-refractivity contribution in [3.63, 3.8) is 0 Å². The van der Waals surface area contributed by atoms with Gasteiger partial charge in [-0.15, -0.1) is 0 Å². The quantitative estimate of drug-likeness (QED) is 0.872. The first-order chi connectivity index (χ1) is 8.04. The van der Waals surface area contributed by atoms with Crippen molar-refractivity contribution < 1.29 is 9.90 Å². The minimum Gasteiger partial charge on any atom is -0.392 e. The van der Waals surface area contributed by atoms with Gasteiger partial charge in [-0.25, -0.2) is 0 Å². The Labute approximate surface area is 107 Å². The van der Waals surface area contributed by atoms with Crippen molar-refractivity contribution in [3.8, 4) is 0 Å². The number of rotatable bonds is 5. The highest BCUT2D eigenvalue weighted by molar-refractivity contribution is 7.97. The lowest BCUT2D eigenvalue weighted by molar-refractivity contribution is 0.0703. The van der Waals surface area contributed by atoms with Crippen LogP contribution < -0.4 is 0 Å². The predicted molar refractivity (Wildman–Crippen MR) is 72.3 cm³/mol. The first-order valence-corrected chi connectivity index (χ1v) is 6.95. The highest BCUT2D eigenvalue weighted by Crippen LogP contribution is 2.12. The second-order valence-corrected chi connectivity index (χ2v) is 5.03. The molecule has 4 heteroatoms. The molecule has 0 fully saturated rings. The van der Waals surface area contributed by atoms with E-state index in [0.717, 1.165) is 11.3 Å². The summed E-state index contributed by atoms with van der Waals surface area (Å²) >= 11 is 1.73. The van der Waals surface area contributed by atoms with Crippen LogP contribution in [0, 0.1) is 0 Å². The van der Waals surface area contributed by atoms with E-state index in [4.69, 9.17) is 0 Å². The highest BCUT2D eigenvalue weighted by atomic mass is 32.2. The molecule has 0 saturated heterocycles. The number of amides is 1. The van der Waals surface area contributed by atoms with E-state index >= 15 is 0 Å². The molecule has 1 rings (SSSR count). The zero-order chi connectivity index (χ0) is 12.8. The van der Waals surface area contributed by atoms with Gasteiger partial charge in [-0.3, -0.25) is 4.79 Å². The van der Waals surface area contributed by atoms with Crippen LogP contribution >= 0.6 is 11.8 Å². The molecule has 1 atom stereocenters. The third-order valence-corrected chi connectivity index (χ3v) is 2.99. The maximum Gasteiger partial charge on any atom is 0.253 e. The van der Waals surface area contributed by atoms with E-state index in [2.05, 4.69) is 0 Å². The van der Waals surface area contributed by atoms with Crippen LogP contribution in [-0.4, -0.2) is 41.9 Å². The van der Waals surface area contributed by atoms with Crippen LogP contribution in [0.2, 0.25) is 0 Å². The van der Waals surface area contributed by atoms with E-state index in [1.807, 2.05) is 30.5 Å². The number of benzene rings is 1. The summed E-state index contributed by atoms with van der Waals surface area (Å²) < 4.78 is 0. The van der Waals surface area contributed by atoms with E-state index in [-0.39, 0.29) is 5.91 Å². The Balaban J connectivity index is 2.77. The average Bonchev–Trinajstić information content (AvgIpc) is 2.28. The van der Waals surface area contributed by atoms with Crippen LogP contribution in [0.15, 0.2) is 24.3 Å². The third-order valence-electron chi connectivity index (χ3n) is 2.37. The molecule has 0 aliphatic carbocycles. The number of aliphatic hydroxyl groups is 1. The first kappa shape index (κ1) is 14.1. The second-order valence-electron chi connectivity index (χ2n) is 4.17. The molecule has 1 amide bonds. The Hall–Kier alpha value is -1.00. The van der Waals surface area contributed by atoms with Crippen molar-refractivity contribution in [2.45, 2.75) is 18.8 Å². The fourth-order valence-electron chi connectivity index (χ4n) is 1.66. The number of aliphatic hydroxyl groups excluding tert-OH is 1. The molecule has 1 N–H and O–H groups in total. The molecule has 0 spiro atoms. The molecule has 94 valence electrons. The van der Waals surface area contributed by atoms with Gasteiger partial charge in [0.1, 0.15) is 0 Å². The minimum atomic E-state index is -0.502. The van der Waals surface area contributed by atoms with E-state index in [9.17, 15) is 9.90 Å². The third kappa shape index (κ3) is 4.40. The van der Waals surface area contributed by atoms with Crippen molar-refractivity contribution in [2.75, 3.05) is 19.8 Å². The summed E-state index contributed by atoms with van der Waals surface area (Å²) in [6, 6.07) is 7.64. The Bertz CT molecular complexity index is 379. The molecule has 0 aliphatic rings. The van der Waals surface area contributed by atoms with Gasteiger partial charge >= 0.3 is 0 Å². The molecule has 0 saturated carbocycles. The molecule has 0 radical (unpaired) electrons. The summed E-state index contributed by atoms with van der Waals surface area (Å²) in [6.07, 6.45) is 1.53. The van der Waals surface area contributed by atoms with Crippen LogP contribution in [0.25, 0.3) is 0 Å². The van der Waals surface area contributed by atoms with Crippen molar-refractivity contribution in [2.24, 2.45) is 0 Å². The summed E-state index contributed by atoms with van der Waals surface area (Å²) in [5, 5.41) is 9.26. The largest absolute Gasteiger partial charge is 0.392 e. The van der Waals surface area contributed by atoms with E-state index < -0.39 is 6.10 Å². The molecule has 1 unspecified atom stereocenters. The van der Waals surface area contributed by atoms with Crippen molar-refractivity contribution in [3.05, 3.63) is 35.4 Å². The van der Waals surface area contributed by atoms with Gasteiger partial charge in [0.15, 0.2) is 0 Å². The van der Waals surface area contributed by atoms with E-state index in [1.54, 1.807) is 30.6 Å². The SMILES string of the molecule is CSCc1cccc(C(=O)N(C)CC(C)O)c1. The van der Waals surface area contributed by atoms with Crippen molar-refractivity contribution >= 4 is 17.7 Å². The molecule has 1 aromatic rings. The van der Waals surface area contributed by atoms with Crippen LogP contribution in [0.4, 0.5) is 0 Å². The maximum absolute atomic E-state index is 12.0. The number of likely N-dealkylation sites (N-methyl/N-ethyl adjacent to an activating group) is 1. The number of carbonyl (C=O) groups excluding carboxylic acids is 1. The number of carbonyl (C=O) groups is 1. The van der Waals surface area contributed by atoms with Gasteiger partial charge in [-0.1, -0.05) is 12.1 Å². The van der Waals surface area contributed by atoms with Gasteiger partial charge in [0.2, 0.25) is 0 Å². The van der Waals surface area contributed by atoms with Crippen LogP contribution in [0.3, 0.4) is 0 Å². The Kier molecular flexibility index (Phi) is 5.51. The van der Waals surface area contributed by atoms with Crippen LogP contribution in [0.1, 0.15) is 22.8 Å². The summed E-state index contributed by atoms with van der Waals surface area (Å²) in [7, 11) is 1.70. The van der Waals surface area contributed by atoms with Crippen LogP contribution in [0.5, 0.6) is 0 Å². The smallest absolute Gasteiger partial charge is 0.253 e. The molecular formula is C13H19NO2S. The van der Waals surface area contributed by atoms with Gasteiger partial charge < -0.3 is 10.0 Å². The number of hydrogen-bond acceptors (Lipinski definition) is 3. The van der Waals surface area contributed by atoms with Gasteiger partial charge in [0, 0.05) is 24.9 Å². The Morgan fingerprint density at radius 1 is 1.53 bits per heavy atom. The molecular weight excluding hydrogens is 234 g/mol. The summed E-state index contributed by atoms with van der Waals surface area (Å²) in [4.78, 5) is 13.6. The molecule has 0 bridgehead atoms. The zero-order valence-electron chi connectivity index (χ0n) is 10.5. The molecule has 1 aromatic carbocycles. The monoisotopic (exact) mass is 253 g/mol. The van der Waals surface area contributed by atoms with Gasteiger partial charge in [-0.05, 0) is 30.9 Å². The molecule has 17 heavy (non-hydrogen) atoms. The van der Waals surface area contributed by atoms with E-state index in [0.29, 0.717) is 12.1 Å². The molecule has 0 heterocycles. The van der Waals surface area contributed by atoms with Gasteiger partial charge in [0.25, 0.3) is 5.91 Å². The lowest BCUT2D eigenvalue weighted by atomic mass is 10.1. The van der Waals surface area contributed by atoms with E-state index in [1.165, 1.54) is 0 Å². The maximum atomic E-state index is 12.0. The Morgan fingerprint density at radius 3 is 2.82 bits per heavy atom. The minimum absolute atomic E-state index is 0.0474. The summed E-state index contributed by atoms with van der Waals surface area (Å²) in [6.45, 7) is 2.03. The molecule has 0 aromatic heterocycles. The second kappa shape index (κ2) is 6.67. The molecule has 0 aliphatic heterocycles. The van der Waals surface area contributed by atoms with Crippen molar-refractivity contribution in [1.29, 1.82) is 0 Å². The predicted octanol–water partition coefficient (Wildman–Crippen LogP) is 2.00. The fourth-order valence-corrected chi connectivity index (χ4v) is 2.17.